The van der Waals surface area contributed by atoms with Crippen LogP contribution < -0.4 is 19.4 Å². The summed E-state index contributed by atoms with van der Waals surface area (Å²) < 4.78 is 52.2. The molecular formula is C36H32ClF3N4O7. The van der Waals surface area contributed by atoms with Gasteiger partial charge < -0.3 is 14.6 Å². The van der Waals surface area contributed by atoms with Crippen molar-refractivity contribution in [2.45, 2.75) is 31.9 Å². The molecule has 6 atom stereocenters. The summed E-state index contributed by atoms with van der Waals surface area (Å²) in [5.41, 5.74) is -1.34. The number of allylic oxidation sites excluding steroid dienone is 2. The third kappa shape index (κ3) is 4.97. The summed E-state index contributed by atoms with van der Waals surface area (Å²) in [7, 11) is 4.02. The van der Waals surface area contributed by atoms with Crippen molar-refractivity contribution in [3.8, 4) is 17.2 Å². The summed E-state index contributed by atoms with van der Waals surface area (Å²) in [6.07, 6.45) is -2.93. The van der Waals surface area contributed by atoms with E-state index in [2.05, 4.69) is 4.98 Å². The number of phenolic OH excluding ortho intramolecular Hbond substituents is 1. The number of aromatic nitrogens is 1. The van der Waals surface area contributed by atoms with E-state index < -0.39 is 76.3 Å². The van der Waals surface area contributed by atoms with Crippen LogP contribution in [0.5, 0.6) is 17.2 Å². The largest absolute Gasteiger partial charge is 0.508 e. The van der Waals surface area contributed by atoms with Gasteiger partial charge in [0.1, 0.15) is 22.9 Å². The van der Waals surface area contributed by atoms with E-state index in [0.717, 1.165) is 21.0 Å². The van der Waals surface area contributed by atoms with Crippen molar-refractivity contribution in [1.29, 1.82) is 0 Å². The topological polar surface area (TPSA) is 130 Å². The molecule has 1 saturated carbocycles. The Morgan fingerprint density at radius 3 is 2.22 bits per heavy atom. The number of rotatable bonds is 6. The molecule has 2 aromatic carbocycles. The van der Waals surface area contributed by atoms with Gasteiger partial charge in [0.15, 0.2) is 5.82 Å². The summed E-state index contributed by atoms with van der Waals surface area (Å²) in [5.74, 6) is -7.22. The quantitative estimate of drug-likeness (QED) is 0.249. The second-order valence-corrected chi connectivity index (χ2v) is 13.7. The fourth-order valence-electron chi connectivity index (χ4n) is 8.55. The third-order valence-electron chi connectivity index (χ3n) is 10.8. The van der Waals surface area contributed by atoms with Gasteiger partial charge >= 0.3 is 6.18 Å². The van der Waals surface area contributed by atoms with Gasteiger partial charge in [0.05, 0.1) is 48.1 Å². The molecule has 2 aliphatic carbocycles. The minimum Gasteiger partial charge on any atom is -0.508 e. The highest BCUT2D eigenvalue weighted by Crippen LogP contribution is 2.65. The van der Waals surface area contributed by atoms with Crippen LogP contribution in [0.2, 0.25) is 5.02 Å². The molecule has 3 fully saturated rings. The number of anilines is 2. The third-order valence-corrected chi connectivity index (χ3v) is 11.1. The highest BCUT2D eigenvalue weighted by molar-refractivity contribution is 6.33. The van der Waals surface area contributed by atoms with E-state index in [-0.39, 0.29) is 35.1 Å². The van der Waals surface area contributed by atoms with Crippen molar-refractivity contribution >= 4 is 46.7 Å². The number of amides is 4. The van der Waals surface area contributed by atoms with Crippen molar-refractivity contribution < 1.29 is 46.9 Å². The Bertz CT molecular complexity index is 2000. The van der Waals surface area contributed by atoms with Gasteiger partial charge in [-0.2, -0.15) is 18.2 Å². The van der Waals surface area contributed by atoms with Crippen molar-refractivity contribution in [2.75, 3.05) is 31.2 Å². The van der Waals surface area contributed by atoms with Crippen LogP contribution in [0, 0.1) is 29.1 Å². The van der Waals surface area contributed by atoms with Crippen LogP contribution in [0.4, 0.5) is 24.7 Å². The van der Waals surface area contributed by atoms with Gasteiger partial charge in [-0.15, -0.1) is 0 Å². The lowest BCUT2D eigenvalue weighted by Crippen LogP contribution is -2.49. The number of ether oxygens (including phenoxy) is 2. The molecule has 2 saturated heterocycles. The number of hydrogen-bond acceptors (Lipinski definition) is 9. The highest BCUT2D eigenvalue weighted by atomic mass is 35.5. The molecule has 3 heterocycles. The molecular weight excluding hydrogens is 693 g/mol. The number of carbonyl (C=O) groups excluding carboxylic acids is 4. The Balaban J connectivity index is 1.37. The molecule has 6 unspecified atom stereocenters. The van der Waals surface area contributed by atoms with Crippen molar-refractivity contribution in [3.05, 3.63) is 82.5 Å². The Kier molecular flexibility index (Phi) is 8.08. The lowest BCUT2D eigenvalue weighted by atomic mass is 9.51. The first-order valence-corrected chi connectivity index (χ1v) is 16.5. The summed E-state index contributed by atoms with van der Waals surface area (Å²) in [6.45, 7) is 1.70. The average Bonchev–Trinajstić information content (AvgIpc) is 3.47. The van der Waals surface area contributed by atoms with E-state index in [1.165, 1.54) is 33.4 Å². The molecule has 0 spiro atoms. The Hall–Kier alpha value is -5.11. The number of hydrogen-bond donors (Lipinski definition) is 1. The number of fused-ring (bicyclic) bond motifs is 4. The number of hydrazine groups is 1. The summed E-state index contributed by atoms with van der Waals surface area (Å²) in [6, 6.07) is 12.9. The van der Waals surface area contributed by atoms with Crippen molar-refractivity contribution in [3.63, 3.8) is 0 Å². The van der Waals surface area contributed by atoms with Gasteiger partial charge in [-0.05, 0) is 49.9 Å². The monoisotopic (exact) mass is 724 g/mol. The highest BCUT2D eigenvalue weighted by Gasteiger charge is 2.68. The van der Waals surface area contributed by atoms with Gasteiger partial charge in [0, 0.05) is 30.7 Å². The van der Waals surface area contributed by atoms with Crippen LogP contribution in [0.15, 0.2) is 66.2 Å². The summed E-state index contributed by atoms with van der Waals surface area (Å²) in [4.78, 5) is 62.3. The van der Waals surface area contributed by atoms with E-state index in [1.54, 1.807) is 43.3 Å². The van der Waals surface area contributed by atoms with Crippen molar-refractivity contribution in [2.24, 2.45) is 29.1 Å². The molecule has 266 valence electrons. The first kappa shape index (κ1) is 34.3. The van der Waals surface area contributed by atoms with Crippen molar-refractivity contribution in [1.82, 2.24) is 9.99 Å². The predicted molar refractivity (Wildman–Crippen MR) is 177 cm³/mol. The minimum absolute atomic E-state index is 0.0236. The molecule has 0 bridgehead atoms. The maximum absolute atomic E-state index is 14.7. The second-order valence-electron chi connectivity index (χ2n) is 13.3. The van der Waals surface area contributed by atoms with Gasteiger partial charge in [-0.1, -0.05) is 41.4 Å². The minimum atomic E-state index is -4.81. The Morgan fingerprint density at radius 1 is 0.961 bits per heavy atom. The van der Waals surface area contributed by atoms with E-state index >= 15 is 0 Å². The smallest absolute Gasteiger partial charge is 0.433 e. The maximum atomic E-state index is 14.7. The van der Waals surface area contributed by atoms with E-state index in [9.17, 15) is 37.5 Å². The van der Waals surface area contributed by atoms with Gasteiger partial charge in [0.25, 0.3) is 11.8 Å². The zero-order valence-electron chi connectivity index (χ0n) is 27.8. The number of nitrogens with zero attached hydrogens (tertiary/aromatic N) is 4. The maximum Gasteiger partial charge on any atom is 0.433 e. The fourth-order valence-corrected chi connectivity index (χ4v) is 8.77. The lowest BCUT2D eigenvalue weighted by molar-refractivity contribution is -0.141. The number of halogens is 4. The average molecular weight is 725 g/mol. The number of carbonyl (C=O) groups is 4. The molecule has 4 amide bonds. The summed E-state index contributed by atoms with van der Waals surface area (Å²) >= 11 is 6.26. The molecule has 1 aromatic heterocycles. The van der Waals surface area contributed by atoms with Crippen LogP contribution in [0.25, 0.3) is 0 Å². The van der Waals surface area contributed by atoms with Crippen LogP contribution in [0.1, 0.15) is 36.9 Å². The number of para-hydroxylation sites is 1. The first-order valence-electron chi connectivity index (χ1n) is 16.1. The number of pyridine rings is 1. The number of methoxy groups -OCH3 is 2. The van der Waals surface area contributed by atoms with E-state index in [0.29, 0.717) is 22.9 Å². The lowest BCUT2D eigenvalue weighted by Gasteiger charge is -2.49. The number of alkyl halides is 3. The van der Waals surface area contributed by atoms with Crippen LogP contribution in [0.3, 0.4) is 0 Å². The van der Waals surface area contributed by atoms with E-state index in [1.807, 2.05) is 0 Å². The number of imide groups is 2. The molecule has 0 radical (unpaired) electrons. The fraction of sp³-hybridized carbons (Fsp3) is 0.361. The van der Waals surface area contributed by atoms with Crippen LogP contribution >= 0.6 is 11.6 Å². The Morgan fingerprint density at radius 2 is 1.61 bits per heavy atom. The molecule has 11 nitrogen and oxygen atoms in total. The molecule has 15 heteroatoms. The predicted octanol–water partition coefficient (Wildman–Crippen LogP) is 5.76. The van der Waals surface area contributed by atoms with Gasteiger partial charge in [-0.3, -0.25) is 24.2 Å². The zero-order valence-corrected chi connectivity index (χ0v) is 28.5. The standard InChI is InChI=1S/C36H32ClF3N4O7/c1-35-22(32(47)43(34(35)49)17-8-6-5-7-9-17)16-21-19(29(35)28-24(50-3)14-18(45)15-25(28)51-4)10-11-20-27(21)33(48)44(31(20)46)42(2)30-23(37)12-13-26(41-30)36(38,39)40/h5-10,12-15,20-22,27,29,45H,11,16H2,1-4H3. The molecule has 7 rings (SSSR count). The molecule has 1 N–H and O–H groups in total. The molecule has 4 aliphatic rings. The zero-order chi connectivity index (χ0) is 36.7. The number of aromatic hydroxyl groups is 1. The SMILES string of the molecule is COc1cc(O)cc(OC)c1C1C2=CCC3C(=O)N(N(C)c4nc(C(F)(F)F)ccc4Cl)C(=O)C3C2CC2C(=O)N(c3ccccc3)C(=O)C21C. The van der Waals surface area contributed by atoms with Gasteiger partial charge in [0.2, 0.25) is 11.8 Å². The van der Waals surface area contributed by atoms with Crippen LogP contribution in [-0.2, 0) is 25.4 Å². The second kappa shape index (κ2) is 12.0. The molecule has 2 aliphatic heterocycles. The van der Waals surface area contributed by atoms with Crippen LogP contribution in [-0.4, -0.2) is 60.0 Å². The molecule has 51 heavy (non-hydrogen) atoms. The Labute approximate surface area is 295 Å². The van der Waals surface area contributed by atoms with Gasteiger partial charge in [-0.25, -0.2) is 9.88 Å². The van der Waals surface area contributed by atoms with E-state index in [4.69, 9.17) is 21.1 Å². The normalized spacial score (nSPS) is 27.2. The number of benzene rings is 2. The molecule has 3 aromatic rings. The number of phenols is 1. The first-order chi connectivity index (χ1) is 24.1. The summed E-state index contributed by atoms with van der Waals surface area (Å²) in [5, 5.41) is 12.0.